The summed E-state index contributed by atoms with van der Waals surface area (Å²) in [5, 5.41) is 3.62. The van der Waals surface area contributed by atoms with Gasteiger partial charge in [-0.05, 0) is 43.2 Å². The number of hydrogen-bond acceptors (Lipinski definition) is 5. The zero-order chi connectivity index (χ0) is 19.2. The first-order valence-corrected chi connectivity index (χ1v) is 9.97. The van der Waals surface area contributed by atoms with E-state index in [4.69, 9.17) is 9.15 Å². The molecule has 1 aromatic heterocycles. The van der Waals surface area contributed by atoms with Crippen molar-refractivity contribution in [2.75, 3.05) is 19.7 Å². The topological polar surface area (TPSA) is 50.5 Å². The van der Waals surface area contributed by atoms with Gasteiger partial charge in [-0.1, -0.05) is 30.3 Å². The van der Waals surface area contributed by atoms with Crippen LogP contribution in [-0.4, -0.2) is 35.6 Å². The third-order valence-corrected chi connectivity index (χ3v) is 5.06. The molecule has 1 aliphatic heterocycles. The van der Waals surface area contributed by atoms with E-state index >= 15 is 0 Å². The van der Waals surface area contributed by atoms with Crippen molar-refractivity contribution in [2.24, 2.45) is 0 Å². The van der Waals surface area contributed by atoms with Crippen molar-refractivity contribution in [2.45, 2.75) is 32.5 Å². The van der Waals surface area contributed by atoms with Crippen LogP contribution >= 0.6 is 0 Å². The Bertz CT molecular complexity index is 861. The molecule has 1 aliphatic rings. The quantitative estimate of drug-likeness (QED) is 0.640. The highest BCUT2D eigenvalue weighted by atomic mass is 16.5. The molecule has 0 spiro atoms. The van der Waals surface area contributed by atoms with Crippen LogP contribution in [0.25, 0.3) is 11.5 Å². The van der Waals surface area contributed by atoms with Gasteiger partial charge >= 0.3 is 0 Å². The van der Waals surface area contributed by atoms with Gasteiger partial charge < -0.3 is 14.5 Å². The Morgan fingerprint density at radius 3 is 2.75 bits per heavy atom. The maximum absolute atomic E-state index is 5.66. The fourth-order valence-corrected chi connectivity index (χ4v) is 3.61. The molecule has 1 fully saturated rings. The van der Waals surface area contributed by atoms with Gasteiger partial charge in [0, 0.05) is 37.8 Å². The number of likely N-dealkylation sites (tertiary alicyclic amines) is 1. The minimum atomic E-state index is 0.495. The lowest BCUT2D eigenvalue weighted by atomic mass is 10.2. The minimum Gasteiger partial charge on any atom is -0.494 e. The maximum Gasteiger partial charge on any atom is 0.226 e. The Morgan fingerprint density at radius 1 is 1.14 bits per heavy atom. The van der Waals surface area contributed by atoms with E-state index in [1.807, 2.05) is 31.2 Å². The minimum absolute atomic E-state index is 0.495. The third-order valence-electron chi connectivity index (χ3n) is 5.06. The molecule has 146 valence electrons. The van der Waals surface area contributed by atoms with Crippen molar-refractivity contribution >= 4 is 0 Å². The SMILES string of the molecule is CCOc1ccc(-c2nc(CNC3CCN(Cc4ccccc4)C3)co2)cc1. The van der Waals surface area contributed by atoms with Crippen LogP contribution in [0.4, 0.5) is 0 Å². The Hall–Kier alpha value is -2.63. The van der Waals surface area contributed by atoms with Crippen molar-refractivity contribution in [1.29, 1.82) is 0 Å². The number of oxazole rings is 1. The summed E-state index contributed by atoms with van der Waals surface area (Å²) in [6.07, 6.45) is 2.91. The van der Waals surface area contributed by atoms with E-state index in [9.17, 15) is 0 Å². The molecule has 5 heteroatoms. The predicted octanol–water partition coefficient (Wildman–Crippen LogP) is 4.10. The van der Waals surface area contributed by atoms with Gasteiger partial charge in [-0.3, -0.25) is 4.90 Å². The van der Waals surface area contributed by atoms with Gasteiger partial charge in [0.25, 0.3) is 0 Å². The molecular weight excluding hydrogens is 350 g/mol. The van der Waals surface area contributed by atoms with Crippen LogP contribution < -0.4 is 10.1 Å². The Labute approximate surface area is 166 Å². The Morgan fingerprint density at radius 2 is 1.96 bits per heavy atom. The summed E-state index contributed by atoms with van der Waals surface area (Å²) in [6, 6.07) is 19.0. The molecule has 4 rings (SSSR count). The van der Waals surface area contributed by atoms with Crippen molar-refractivity contribution < 1.29 is 9.15 Å². The second-order valence-electron chi connectivity index (χ2n) is 7.19. The lowest BCUT2D eigenvalue weighted by Gasteiger charge is -2.16. The first-order chi connectivity index (χ1) is 13.8. The summed E-state index contributed by atoms with van der Waals surface area (Å²) in [5.74, 6) is 1.51. The van der Waals surface area contributed by atoms with Crippen LogP contribution in [0, 0.1) is 0 Å². The molecule has 0 bridgehead atoms. The molecule has 2 heterocycles. The average molecular weight is 377 g/mol. The second kappa shape index (κ2) is 9.04. The highest BCUT2D eigenvalue weighted by Gasteiger charge is 2.22. The van der Waals surface area contributed by atoms with Gasteiger partial charge in [-0.25, -0.2) is 4.98 Å². The van der Waals surface area contributed by atoms with Gasteiger partial charge in [0.1, 0.15) is 12.0 Å². The van der Waals surface area contributed by atoms with Crippen LogP contribution in [0.3, 0.4) is 0 Å². The smallest absolute Gasteiger partial charge is 0.226 e. The van der Waals surface area contributed by atoms with Gasteiger partial charge in [-0.2, -0.15) is 0 Å². The zero-order valence-electron chi connectivity index (χ0n) is 16.3. The van der Waals surface area contributed by atoms with Crippen LogP contribution in [0.5, 0.6) is 5.75 Å². The summed E-state index contributed by atoms with van der Waals surface area (Å²) in [4.78, 5) is 7.12. The third kappa shape index (κ3) is 4.80. The molecule has 0 radical (unpaired) electrons. The molecule has 0 amide bonds. The molecule has 1 atom stereocenters. The number of rotatable bonds is 8. The second-order valence-corrected chi connectivity index (χ2v) is 7.19. The summed E-state index contributed by atoms with van der Waals surface area (Å²) in [5.41, 5.74) is 3.27. The van der Waals surface area contributed by atoms with Gasteiger partial charge in [0.05, 0.1) is 12.3 Å². The lowest BCUT2D eigenvalue weighted by Crippen LogP contribution is -2.32. The van der Waals surface area contributed by atoms with Crippen molar-refractivity contribution in [3.05, 3.63) is 72.1 Å². The van der Waals surface area contributed by atoms with Gasteiger partial charge in [-0.15, -0.1) is 0 Å². The summed E-state index contributed by atoms with van der Waals surface area (Å²) >= 11 is 0. The predicted molar refractivity (Wildman–Crippen MR) is 110 cm³/mol. The number of nitrogens with one attached hydrogen (secondary N) is 1. The van der Waals surface area contributed by atoms with E-state index in [1.165, 1.54) is 5.56 Å². The maximum atomic E-state index is 5.66. The van der Waals surface area contributed by atoms with E-state index in [2.05, 4.69) is 45.5 Å². The average Bonchev–Trinajstić information content (AvgIpc) is 3.38. The first-order valence-electron chi connectivity index (χ1n) is 9.97. The molecule has 3 aromatic rings. The fraction of sp³-hybridized carbons (Fsp3) is 0.348. The van der Waals surface area contributed by atoms with Crippen LogP contribution in [0.15, 0.2) is 65.3 Å². The van der Waals surface area contributed by atoms with E-state index in [1.54, 1.807) is 6.26 Å². The standard InChI is InChI=1S/C23H27N3O2/c1-2-27-22-10-8-19(9-11-22)23-25-21(17-28-23)14-24-20-12-13-26(16-20)15-18-6-4-3-5-7-18/h3-11,17,20,24H,2,12-16H2,1H3. The van der Waals surface area contributed by atoms with E-state index in [0.29, 0.717) is 18.5 Å². The number of aromatic nitrogens is 1. The molecule has 1 saturated heterocycles. The Kier molecular flexibility index (Phi) is 6.04. The Balaban J connectivity index is 1.27. The van der Waals surface area contributed by atoms with Crippen molar-refractivity contribution in [3.8, 4) is 17.2 Å². The number of benzene rings is 2. The summed E-state index contributed by atoms with van der Waals surface area (Å²) in [7, 11) is 0. The van der Waals surface area contributed by atoms with E-state index in [0.717, 1.165) is 49.6 Å². The molecule has 0 aliphatic carbocycles. The fourth-order valence-electron chi connectivity index (χ4n) is 3.61. The van der Waals surface area contributed by atoms with Crippen molar-refractivity contribution in [1.82, 2.24) is 15.2 Å². The lowest BCUT2D eigenvalue weighted by molar-refractivity contribution is 0.319. The molecule has 1 N–H and O–H groups in total. The van der Waals surface area contributed by atoms with Crippen LogP contribution in [-0.2, 0) is 13.1 Å². The van der Waals surface area contributed by atoms with Gasteiger partial charge in [0.2, 0.25) is 5.89 Å². The largest absolute Gasteiger partial charge is 0.494 e. The molecule has 1 unspecified atom stereocenters. The highest BCUT2D eigenvalue weighted by Crippen LogP contribution is 2.22. The van der Waals surface area contributed by atoms with Gasteiger partial charge in [0.15, 0.2) is 0 Å². The van der Waals surface area contributed by atoms with E-state index < -0.39 is 0 Å². The first kappa shape index (κ1) is 18.7. The highest BCUT2D eigenvalue weighted by molar-refractivity contribution is 5.54. The summed E-state index contributed by atoms with van der Waals surface area (Å²) < 4.78 is 11.1. The molecule has 0 saturated carbocycles. The molecule has 5 nitrogen and oxygen atoms in total. The van der Waals surface area contributed by atoms with Crippen LogP contribution in [0.1, 0.15) is 24.6 Å². The number of hydrogen-bond donors (Lipinski definition) is 1. The van der Waals surface area contributed by atoms with Crippen LogP contribution in [0.2, 0.25) is 0 Å². The number of ether oxygens (including phenoxy) is 1. The zero-order valence-corrected chi connectivity index (χ0v) is 16.3. The molecule has 28 heavy (non-hydrogen) atoms. The molecular formula is C23H27N3O2. The summed E-state index contributed by atoms with van der Waals surface area (Å²) in [6.45, 7) is 6.58. The van der Waals surface area contributed by atoms with Crippen molar-refractivity contribution in [3.63, 3.8) is 0 Å². The molecule has 2 aromatic carbocycles. The number of nitrogens with zero attached hydrogens (tertiary/aromatic N) is 2. The monoisotopic (exact) mass is 377 g/mol. The van der Waals surface area contributed by atoms with E-state index in [-0.39, 0.29) is 0 Å². The normalized spacial score (nSPS) is 17.1.